The zero-order chi connectivity index (χ0) is 20.9. The van der Waals surface area contributed by atoms with E-state index in [0.29, 0.717) is 12.2 Å². The largest absolute Gasteiger partial charge is 0.493 e. The smallest absolute Gasteiger partial charge is 0.188 e. The van der Waals surface area contributed by atoms with Gasteiger partial charge in [0.05, 0.1) is 17.7 Å². The van der Waals surface area contributed by atoms with Crippen LogP contribution in [0.1, 0.15) is 28.5 Å². The van der Waals surface area contributed by atoms with Crippen molar-refractivity contribution in [2.75, 3.05) is 6.61 Å². The molecule has 0 saturated carbocycles. The number of hydrogen-bond acceptors (Lipinski definition) is 3. The predicted octanol–water partition coefficient (Wildman–Crippen LogP) is 6.51. The zero-order valence-electron chi connectivity index (χ0n) is 17.1. The zero-order valence-corrected chi connectivity index (χ0v) is 17.1. The molecule has 0 amide bonds. The molecular weight excluding hydrogens is 370 g/mol. The average molecular weight is 393 g/mol. The fourth-order valence-corrected chi connectivity index (χ4v) is 3.69. The number of rotatable bonds is 6. The van der Waals surface area contributed by atoms with Gasteiger partial charge in [-0.15, -0.1) is 0 Å². The second-order valence-corrected chi connectivity index (χ2v) is 7.00. The second-order valence-electron chi connectivity index (χ2n) is 7.00. The molecule has 0 atom stereocenters. The van der Waals surface area contributed by atoms with Gasteiger partial charge in [-0.1, -0.05) is 66.7 Å². The topological polar surface area (TPSA) is 39.2 Å². The molecule has 3 nitrogen and oxygen atoms in total. The van der Waals surface area contributed by atoms with Crippen molar-refractivity contribution in [1.82, 2.24) is 4.98 Å². The molecule has 0 aliphatic carbocycles. The summed E-state index contributed by atoms with van der Waals surface area (Å²) in [5, 5.41) is 0.973. The number of carbonyl (C=O) groups excluding carboxylic acids is 1. The Balaban J connectivity index is 1.85. The summed E-state index contributed by atoms with van der Waals surface area (Å²) in [7, 11) is 0. The van der Waals surface area contributed by atoms with E-state index in [1.165, 1.54) is 0 Å². The van der Waals surface area contributed by atoms with Crippen molar-refractivity contribution in [1.29, 1.82) is 0 Å². The van der Waals surface area contributed by atoms with Crippen LogP contribution < -0.4 is 4.74 Å². The second kappa shape index (κ2) is 8.75. The summed E-state index contributed by atoms with van der Waals surface area (Å²) in [5.41, 5.74) is 5.04. The number of pyridine rings is 1. The van der Waals surface area contributed by atoms with E-state index in [4.69, 9.17) is 9.72 Å². The number of ether oxygens (including phenoxy) is 1. The van der Waals surface area contributed by atoms with E-state index in [-0.39, 0.29) is 5.78 Å². The van der Waals surface area contributed by atoms with Gasteiger partial charge in [0, 0.05) is 22.2 Å². The summed E-state index contributed by atoms with van der Waals surface area (Å²) in [6.07, 6.45) is 3.43. The van der Waals surface area contributed by atoms with Crippen LogP contribution in [0.15, 0.2) is 84.9 Å². The highest BCUT2D eigenvalue weighted by atomic mass is 16.5. The molecule has 0 saturated heterocycles. The maximum Gasteiger partial charge on any atom is 0.188 e. The van der Waals surface area contributed by atoms with Gasteiger partial charge in [-0.2, -0.15) is 0 Å². The predicted molar refractivity (Wildman–Crippen MR) is 123 cm³/mol. The van der Waals surface area contributed by atoms with Gasteiger partial charge < -0.3 is 4.74 Å². The number of para-hydroxylation sites is 2. The normalized spacial score (nSPS) is 11.1. The van der Waals surface area contributed by atoms with Gasteiger partial charge in [-0.3, -0.25) is 9.78 Å². The van der Waals surface area contributed by atoms with Gasteiger partial charge in [0.25, 0.3) is 0 Å². The van der Waals surface area contributed by atoms with Crippen LogP contribution in [0.25, 0.3) is 28.1 Å². The highest BCUT2D eigenvalue weighted by Gasteiger charge is 2.18. The van der Waals surface area contributed by atoms with E-state index < -0.39 is 0 Å². The number of carbonyl (C=O) groups is 1. The number of fused-ring (bicyclic) bond motifs is 1. The molecule has 0 bridgehead atoms. The molecule has 1 aromatic heterocycles. The minimum absolute atomic E-state index is 0.0732. The average Bonchev–Trinajstić information content (AvgIpc) is 2.78. The molecule has 4 aromatic rings. The van der Waals surface area contributed by atoms with Gasteiger partial charge in [0.15, 0.2) is 5.78 Å². The summed E-state index contributed by atoms with van der Waals surface area (Å²) in [6.45, 7) is 4.42. The quantitative estimate of drug-likeness (QED) is 0.277. The Hall–Kier alpha value is -3.72. The molecule has 0 unspecified atom stereocenters. The summed E-state index contributed by atoms with van der Waals surface area (Å²) >= 11 is 0. The fraction of sp³-hybridized carbons (Fsp3) is 0.111. The van der Waals surface area contributed by atoms with Crippen molar-refractivity contribution in [3.63, 3.8) is 0 Å². The van der Waals surface area contributed by atoms with Crippen LogP contribution in [0.5, 0.6) is 5.75 Å². The number of hydrogen-bond donors (Lipinski definition) is 0. The number of allylic oxidation sites excluding steroid dienone is 1. The van der Waals surface area contributed by atoms with Gasteiger partial charge in [-0.25, -0.2) is 0 Å². The van der Waals surface area contributed by atoms with Crippen molar-refractivity contribution in [2.45, 2.75) is 13.8 Å². The van der Waals surface area contributed by atoms with Crippen molar-refractivity contribution in [3.8, 4) is 16.9 Å². The lowest BCUT2D eigenvalue weighted by Gasteiger charge is -2.14. The van der Waals surface area contributed by atoms with E-state index >= 15 is 0 Å². The molecule has 3 aromatic carbocycles. The minimum Gasteiger partial charge on any atom is -0.493 e. The van der Waals surface area contributed by atoms with E-state index in [0.717, 1.165) is 39.0 Å². The number of aryl methyl sites for hydroxylation is 1. The number of benzene rings is 3. The van der Waals surface area contributed by atoms with Gasteiger partial charge in [0.2, 0.25) is 0 Å². The van der Waals surface area contributed by atoms with Crippen molar-refractivity contribution in [3.05, 3.63) is 102 Å². The van der Waals surface area contributed by atoms with Crippen LogP contribution in [0, 0.1) is 6.92 Å². The molecule has 3 heteroatoms. The molecular formula is C27H23NO2. The van der Waals surface area contributed by atoms with Crippen molar-refractivity contribution >= 4 is 22.8 Å². The molecule has 0 radical (unpaired) electrons. The summed E-state index contributed by atoms with van der Waals surface area (Å²) in [4.78, 5) is 18.1. The monoisotopic (exact) mass is 393 g/mol. The number of nitrogens with zero attached hydrogens (tertiary/aromatic N) is 1. The first-order chi connectivity index (χ1) is 14.7. The van der Waals surface area contributed by atoms with E-state index in [2.05, 4.69) is 0 Å². The summed E-state index contributed by atoms with van der Waals surface area (Å²) in [5.74, 6) is 0.691. The molecule has 4 rings (SSSR count). The SMILES string of the molecule is CCOc1ccccc1/C=C\C(=O)c1c(C)nc2ccccc2c1-c1ccccc1. The molecule has 1 heterocycles. The molecule has 0 aliphatic heterocycles. The highest BCUT2D eigenvalue weighted by Crippen LogP contribution is 2.33. The molecule has 0 aliphatic rings. The van der Waals surface area contributed by atoms with E-state index in [1.807, 2.05) is 98.8 Å². The van der Waals surface area contributed by atoms with Crippen LogP contribution in [0.4, 0.5) is 0 Å². The van der Waals surface area contributed by atoms with Crippen molar-refractivity contribution < 1.29 is 9.53 Å². The van der Waals surface area contributed by atoms with Crippen LogP contribution in [0.2, 0.25) is 0 Å². The Bertz CT molecular complexity index is 1230. The van der Waals surface area contributed by atoms with Crippen LogP contribution >= 0.6 is 0 Å². The first kappa shape index (κ1) is 19.6. The maximum atomic E-state index is 13.4. The lowest BCUT2D eigenvalue weighted by atomic mass is 9.92. The van der Waals surface area contributed by atoms with Crippen molar-refractivity contribution in [2.24, 2.45) is 0 Å². The molecule has 30 heavy (non-hydrogen) atoms. The van der Waals surface area contributed by atoms with Gasteiger partial charge in [-0.05, 0) is 43.7 Å². The Morgan fingerprint density at radius 3 is 2.43 bits per heavy atom. The van der Waals surface area contributed by atoms with Crippen LogP contribution in [0.3, 0.4) is 0 Å². The number of ketones is 1. The van der Waals surface area contributed by atoms with E-state index in [9.17, 15) is 4.79 Å². The summed E-state index contributed by atoms with van der Waals surface area (Å²) in [6, 6.07) is 25.7. The molecule has 0 fully saturated rings. The maximum absolute atomic E-state index is 13.4. The van der Waals surface area contributed by atoms with Crippen LogP contribution in [-0.4, -0.2) is 17.4 Å². The molecule has 0 spiro atoms. The third-order valence-electron chi connectivity index (χ3n) is 5.02. The fourth-order valence-electron chi connectivity index (χ4n) is 3.69. The standard InChI is InChI=1S/C27H23NO2/c1-3-30-25-16-10-7-11-20(25)17-18-24(29)26-19(2)28-23-15-9-8-14-22(23)27(26)21-12-5-4-6-13-21/h4-18H,3H2,1-2H3/b18-17-. The lowest BCUT2D eigenvalue weighted by molar-refractivity contribution is 0.104. The van der Waals surface area contributed by atoms with E-state index in [1.54, 1.807) is 6.08 Å². The minimum atomic E-state index is -0.0732. The third-order valence-corrected chi connectivity index (χ3v) is 5.02. The Morgan fingerprint density at radius 1 is 0.933 bits per heavy atom. The number of aromatic nitrogens is 1. The molecule has 0 N–H and O–H groups in total. The third kappa shape index (κ3) is 3.87. The first-order valence-electron chi connectivity index (χ1n) is 10.1. The lowest BCUT2D eigenvalue weighted by Crippen LogP contribution is -2.05. The van der Waals surface area contributed by atoms with Gasteiger partial charge >= 0.3 is 0 Å². The molecule has 148 valence electrons. The van der Waals surface area contributed by atoms with Crippen LogP contribution in [-0.2, 0) is 0 Å². The Kier molecular flexibility index (Phi) is 5.71. The first-order valence-corrected chi connectivity index (χ1v) is 10.1. The Morgan fingerprint density at radius 2 is 1.63 bits per heavy atom. The summed E-state index contributed by atoms with van der Waals surface area (Å²) < 4.78 is 5.67. The highest BCUT2D eigenvalue weighted by molar-refractivity contribution is 6.16. The van der Waals surface area contributed by atoms with Gasteiger partial charge in [0.1, 0.15) is 5.75 Å². The Labute approximate surface area is 176 Å².